The van der Waals surface area contributed by atoms with Crippen molar-refractivity contribution in [3.63, 3.8) is 0 Å². The highest BCUT2D eigenvalue weighted by Crippen LogP contribution is 2.55. The van der Waals surface area contributed by atoms with Gasteiger partial charge in [0.1, 0.15) is 58.3 Å². The minimum Gasteiger partial charge on any atom is -0.491 e. The fourth-order valence-corrected chi connectivity index (χ4v) is 9.75. The monoisotopic (exact) mass is 934 g/mol. The molecule has 1 aliphatic carbocycles. The van der Waals surface area contributed by atoms with Gasteiger partial charge in [-0.05, 0) is 67.8 Å². The summed E-state index contributed by atoms with van der Waals surface area (Å²) in [5.74, 6) is 2.33. The van der Waals surface area contributed by atoms with E-state index in [-0.39, 0.29) is 34.4 Å². The molecular formula is C49H55ClN8O7S. The number of hydrogen-bond acceptors (Lipinski definition) is 11. The Morgan fingerprint density at radius 1 is 0.985 bits per heavy atom. The third kappa shape index (κ3) is 11.2. The number of rotatable bonds is 15. The molecule has 0 bridgehead atoms. The molecule has 1 unspecified atom stereocenters. The number of nitrogens with one attached hydrogen (secondary N) is 2. The van der Waals surface area contributed by atoms with E-state index in [4.69, 9.17) is 41.5 Å². The summed E-state index contributed by atoms with van der Waals surface area (Å²) in [6, 6.07) is 22.1. The van der Waals surface area contributed by atoms with Gasteiger partial charge >= 0.3 is 0 Å². The third-order valence-electron chi connectivity index (χ3n) is 11.7. The SMILES string of the molecule is CC1(C)CC(C)(C)C1Oc1ccc(C#N)c(Cl)c1.CCS(=O)Nc1ccc(Oc2cccc(OCCOC3CCN(c4cnc(C(N)=O)nc4)CC3)c2)c(-c2cn(C)c(=O)c3[nH]ccc23)c1. The van der Waals surface area contributed by atoms with Crippen LogP contribution >= 0.6 is 11.6 Å². The predicted octanol–water partition coefficient (Wildman–Crippen LogP) is 8.79. The lowest BCUT2D eigenvalue weighted by molar-refractivity contribution is -0.133. The van der Waals surface area contributed by atoms with Gasteiger partial charge in [0.2, 0.25) is 5.82 Å². The number of halogens is 1. The average molecular weight is 936 g/mol. The maximum Gasteiger partial charge on any atom is 0.286 e. The lowest BCUT2D eigenvalue weighted by atomic mass is 9.53. The molecule has 4 N–H and O–H groups in total. The van der Waals surface area contributed by atoms with E-state index in [1.54, 1.807) is 44.0 Å². The standard InChI is InChI=1S/C34H37N7O6S.C15H18ClNO/c1-3-48(44)39-22-7-8-30(28(17-22)29-21-40(2)34(43)31-27(29)9-12-36-31)47-26-6-4-5-25(18-26)46-16-15-45-24-10-13-41(14-11-24)23-19-37-33(32(35)42)38-20-23;1-14(2)9-15(3,4)13(14)18-11-6-5-10(8-17)12(16)7-11/h4-9,12,17-21,24,36,39H,3,10-11,13-16H2,1-2H3,(H2,35,42);5-7,13H,9H2,1-4H3. The Hall–Kier alpha value is -6.41. The summed E-state index contributed by atoms with van der Waals surface area (Å²) < 4.78 is 41.4. The number of fused-ring (bicyclic) bond motifs is 1. The number of piperidine rings is 1. The van der Waals surface area contributed by atoms with Crippen molar-refractivity contribution in [2.45, 2.75) is 66.1 Å². The normalized spacial score (nSPS) is 16.0. The Kier molecular flexibility index (Phi) is 14.7. The van der Waals surface area contributed by atoms with Crippen molar-refractivity contribution in [2.75, 3.05) is 41.7 Å². The Bertz CT molecular complexity index is 2800. The molecule has 8 rings (SSSR count). The number of pyridine rings is 1. The Balaban J connectivity index is 0.000000301. The van der Waals surface area contributed by atoms with Gasteiger partial charge < -0.3 is 43.9 Å². The zero-order valence-electron chi connectivity index (χ0n) is 37.9. The molecule has 4 heterocycles. The van der Waals surface area contributed by atoms with Crippen LogP contribution in [-0.2, 0) is 22.8 Å². The van der Waals surface area contributed by atoms with Gasteiger partial charge in [0.15, 0.2) is 0 Å². The summed E-state index contributed by atoms with van der Waals surface area (Å²) in [7, 11) is 0.472. The molecule has 17 heteroatoms. The van der Waals surface area contributed by atoms with Crippen LogP contribution in [-0.4, -0.2) is 73.9 Å². The molecule has 66 heavy (non-hydrogen) atoms. The smallest absolute Gasteiger partial charge is 0.286 e. The van der Waals surface area contributed by atoms with Crippen LogP contribution in [0, 0.1) is 22.2 Å². The summed E-state index contributed by atoms with van der Waals surface area (Å²) in [4.78, 5) is 37.2. The molecule has 3 aromatic heterocycles. The van der Waals surface area contributed by atoms with Crippen LogP contribution in [0.1, 0.15) is 70.1 Å². The van der Waals surface area contributed by atoms with Crippen molar-refractivity contribution >= 4 is 50.8 Å². The van der Waals surface area contributed by atoms with E-state index in [1.165, 1.54) is 4.57 Å². The molecule has 1 amide bonds. The van der Waals surface area contributed by atoms with Crippen LogP contribution in [0.3, 0.4) is 0 Å². The largest absolute Gasteiger partial charge is 0.491 e. The molecule has 1 saturated carbocycles. The lowest BCUT2D eigenvalue weighted by Gasteiger charge is -2.56. The van der Waals surface area contributed by atoms with Crippen molar-refractivity contribution in [3.05, 3.63) is 118 Å². The van der Waals surface area contributed by atoms with Crippen LogP contribution in [0.4, 0.5) is 11.4 Å². The number of hydrogen-bond donors (Lipinski definition) is 3. The number of aromatic nitrogens is 4. The molecule has 2 fully saturated rings. The van der Waals surface area contributed by atoms with E-state index >= 15 is 0 Å². The fourth-order valence-electron chi connectivity index (χ4n) is 9.00. The molecule has 6 aromatic rings. The minimum atomic E-state index is -1.23. The number of aromatic amines is 1. The van der Waals surface area contributed by atoms with Gasteiger partial charge in [0.25, 0.3) is 11.5 Å². The highest BCUT2D eigenvalue weighted by atomic mass is 35.5. The predicted molar refractivity (Wildman–Crippen MR) is 258 cm³/mol. The van der Waals surface area contributed by atoms with E-state index in [2.05, 4.69) is 52.3 Å². The number of nitrogens with two attached hydrogens (primary N) is 1. The maximum atomic E-state index is 12.7. The average Bonchev–Trinajstić information content (AvgIpc) is 3.80. The first-order valence-corrected chi connectivity index (χ1v) is 23.5. The molecule has 1 atom stereocenters. The van der Waals surface area contributed by atoms with E-state index in [1.807, 2.05) is 67.6 Å². The van der Waals surface area contributed by atoms with Crippen LogP contribution in [0.15, 0.2) is 96.3 Å². The Morgan fingerprint density at radius 2 is 1.71 bits per heavy atom. The quantitative estimate of drug-likeness (QED) is 0.0832. The number of ether oxygens (including phenoxy) is 4. The highest BCUT2D eigenvalue weighted by molar-refractivity contribution is 7.86. The zero-order chi connectivity index (χ0) is 47.2. The van der Waals surface area contributed by atoms with Crippen LogP contribution in [0.2, 0.25) is 5.02 Å². The van der Waals surface area contributed by atoms with Gasteiger partial charge in [-0.3, -0.25) is 9.59 Å². The number of carbonyl (C=O) groups excluding carboxylic acids is 1. The van der Waals surface area contributed by atoms with E-state index in [0.29, 0.717) is 58.0 Å². The first-order valence-electron chi connectivity index (χ1n) is 21.8. The molecule has 1 saturated heterocycles. The van der Waals surface area contributed by atoms with Crippen molar-refractivity contribution in [1.82, 2.24) is 19.5 Å². The van der Waals surface area contributed by atoms with Crippen LogP contribution < -0.4 is 35.1 Å². The summed E-state index contributed by atoms with van der Waals surface area (Å²) in [6.45, 7) is 13.1. The second-order valence-electron chi connectivity index (χ2n) is 17.7. The summed E-state index contributed by atoms with van der Waals surface area (Å²) >= 11 is 6.01. The highest BCUT2D eigenvalue weighted by Gasteiger charge is 2.54. The number of anilines is 2. The minimum absolute atomic E-state index is 0.00662. The number of amides is 1. The van der Waals surface area contributed by atoms with Gasteiger partial charge in [-0.2, -0.15) is 5.26 Å². The number of H-pyrrole nitrogens is 1. The number of carbonyl (C=O) groups is 1. The van der Waals surface area contributed by atoms with Gasteiger partial charge in [-0.15, -0.1) is 0 Å². The summed E-state index contributed by atoms with van der Waals surface area (Å²) in [5, 5.41) is 10.0. The maximum absolute atomic E-state index is 12.7. The second kappa shape index (κ2) is 20.4. The number of aryl methyl sites for hydroxylation is 1. The fraction of sp³-hybridized carbons (Fsp3) is 0.367. The van der Waals surface area contributed by atoms with Crippen molar-refractivity contribution in [2.24, 2.45) is 23.6 Å². The van der Waals surface area contributed by atoms with Crippen molar-refractivity contribution < 1.29 is 28.0 Å². The van der Waals surface area contributed by atoms with Gasteiger partial charge in [0.05, 0.1) is 41.4 Å². The molecule has 3 aromatic carbocycles. The van der Waals surface area contributed by atoms with E-state index < -0.39 is 16.9 Å². The molecular weight excluding hydrogens is 880 g/mol. The van der Waals surface area contributed by atoms with E-state index in [9.17, 15) is 13.8 Å². The van der Waals surface area contributed by atoms with Gasteiger partial charge in [-0.25, -0.2) is 14.2 Å². The molecule has 2 aliphatic rings. The number of nitrogens with zero attached hydrogens (tertiary/aromatic N) is 5. The molecule has 1 aliphatic heterocycles. The third-order valence-corrected chi connectivity index (χ3v) is 13.0. The first-order chi connectivity index (χ1) is 31.5. The van der Waals surface area contributed by atoms with Gasteiger partial charge in [0, 0.05) is 83.4 Å². The first kappa shape index (κ1) is 47.5. The van der Waals surface area contributed by atoms with Crippen LogP contribution in [0.5, 0.6) is 23.0 Å². The van der Waals surface area contributed by atoms with E-state index in [0.717, 1.165) is 60.3 Å². The number of nitriles is 1. The van der Waals surface area contributed by atoms with Crippen molar-refractivity contribution in [1.29, 1.82) is 5.26 Å². The molecule has 15 nitrogen and oxygen atoms in total. The van der Waals surface area contributed by atoms with Crippen molar-refractivity contribution in [3.8, 4) is 40.2 Å². The second-order valence-corrected chi connectivity index (χ2v) is 19.6. The Labute approximate surface area is 391 Å². The molecule has 0 spiro atoms. The van der Waals surface area contributed by atoms with Gasteiger partial charge in [-0.1, -0.05) is 52.3 Å². The zero-order valence-corrected chi connectivity index (χ0v) is 39.5. The topological polar surface area (TPSA) is 200 Å². The number of primary amides is 1. The lowest BCUT2D eigenvalue weighted by Crippen LogP contribution is -2.58. The number of benzene rings is 3. The van der Waals surface area contributed by atoms with Crippen LogP contribution in [0.25, 0.3) is 22.0 Å². The Morgan fingerprint density at radius 3 is 2.38 bits per heavy atom. The molecule has 0 radical (unpaired) electrons. The summed E-state index contributed by atoms with van der Waals surface area (Å²) in [5.41, 5.74) is 9.48. The summed E-state index contributed by atoms with van der Waals surface area (Å²) in [6.07, 6.45) is 9.88. The molecule has 346 valence electrons.